The Labute approximate surface area is 123 Å². The molecule has 0 bridgehead atoms. The zero-order chi connectivity index (χ0) is 14.4. The van der Waals surface area contributed by atoms with Gasteiger partial charge in [-0.1, -0.05) is 41.9 Å². The molecule has 0 aliphatic carbocycles. The molecule has 0 saturated heterocycles. The van der Waals surface area contributed by atoms with Gasteiger partial charge >= 0.3 is 0 Å². The first kappa shape index (κ1) is 14.2. The molecule has 0 fully saturated rings. The summed E-state index contributed by atoms with van der Waals surface area (Å²) in [5.74, 6) is 0.0153. The molecule has 2 nitrogen and oxygen atoms in total. The Bertz CT molecular complexity index is 657. The van der Waals surface area contributed by atoms with E-state index in [1.54, 1.807) is 12.3 Å². The quantitative estimate of drug-likeness (QED) is 0.591. The number of aliphatic imine (C=N–C) groups is 1. The lowest BCUT2D eigenvalue weighted by Gasteiger charge is -2.00. The van der Waals surface area contributed by atoms with E-state index < -0.39 is 0 Å². The van der Waals surface area contributed by atoms with Crippen molar-refractivity contribution in [1.82, 2.24) is 0 Å². The Balaban J connectivity index is 2.24. The maximum Gasteiger partial charge on any atom is 0.152 e. The highest BCUT2D eigenvalue weighted by atomic mass is 35.5. The molecule has 0 N–H and O–H groups in total. The van der Waals surface area contributed by atoms with Gasteiger partial charge in [-0.05, 0) is 42.8 Å². The van der Waals surface area contributed by atoms with Gasteiger partial charge in [-0.15, -0.1) is 0 Å². The number of hydrogen-bond acceptors (Lipinski definition) is 2. The van der Waals surface area contributed by atoms with Crippen molar-refractivity contribution in [3.8, 4) is 0 Å². The van der Waals surface area contributed by atoms with Crippen LogP contribution in [0.3, 0.4) is 0 Å². The predicted octanol–water partition coefficient (Wildman–Crippen LogP) is 4.69. The summed E-state index contributed by atoms with van der Waals surface area (Å²) in [4.78, 5) is 15.5. The lowest BCUT2D eigenvalue weighted by atomic mass is 10.1. The van der Waals surface area contributed by atoms with Crippen LogP contribution in [0, 0.1) is 0 Å². The summed E-state index contributed by atoms with van der Waals surface area (Å²) < 4.78 is 0. The number of rotatable bonds is 4. The molecule has 0 amide bonds. The summed E-state index contributed by atoms with van der Waals surface area (Å²) in [6.07, 6.45) is 5.09. The Hall–Kier alpha value is -2.19. The van der Waals surface area contributed by atoms with Crippen molar-refractivity contribution in [2.75, 3.05) is 0 Å². The van der Waals surface area contributed by atoms with Gasteiger partial charge in [0.25, 0.3) is 0 Å². The van der Waals surface area contributed by atoms with E-state index in [1.165, 1.54) is 13.0 Å². The lowest BCUT2D eigenvalue weighted by molar-refractivity contribution is -0.112. The van der Waals surface area contributed by atoms with Crippen LogP contribution in [0.2, 0.25) is 5.02 Å². The molecule has 0 aliphatic heterocycles. The molecular formula is C17H14ClNO. The fraction of sp³-hybridized carbons (Fsp3) is 0.0588. The molecule has 0 atom stereocenters. The van der Waals surface area contributed by atoms with E-state index in [4.69, 9.17) is 11.6 Å². The van der Waals surface area contributed by atoms with Crippen LogP contribution in [-0.4, -0.2) is 12.0 Å². The number of benzene rings is 2. The highest BCUT2D eigenvalue weighted by molar-refractivity contribution is 6.30. The lowest BCUT2D eigenvalue weighted by Crippen LogP contribution is -1.82. The Kier molecular flexibility index (Phi) is 4.85. The summed E-state index contributed by atoms with van der Waals surface area (Å²) in [6.45, 7) is 1.52. The van der Waals surface area contributed by atoms with Crippen molar-refractivity contribution in [2.24, 2.45) is 4.99 Å². The van der Waals surface area contributed by atoms with Gasteiger partial charge in [-0.2, -0.15) is 0 Å². The summed E-state index contributed by atoms with van der Waals surface area (Å²) in [5.41, 5.74) is 2.70. The number of allylic oxidation sites excluding steroid dienone is 1. The van der Waals surface area contributed by atoms with Crippen molar-refractivity contribution in [3.63, 3.8) is 0 Å². The number of nitrogens with zero attached hydrogens (tertiary/aromatic N) is 1. The highest BCUT2D eigenvalue weighted by Crippen LogP contribution is 2.20. The number of ketones is 1. The molecule has 3 heteroatoms. The first-order valence-corrected chi connectivity index (χ1v) is 6.60. The van der Waals surface area contributed by atoms with Crippen LogP contribution in [0.1, 0.15) is 18.1 Å². The normalized spacial score (nSPS) is 11.3. The fourth-order valence-corrected chi connectivity index (χ4v) is 1.77. The molecular weight excluding hydrogens is 270 g/mol. The zero-order valence-corrected chi connectivity index (χ0v) is 11.8. The number of para-hydroxylation sites is 1. The Morgan fingerprint density at radius 3 is 2.50 bits per heavy atom. The molecule has 0 radical (unpaired) electrons. The minimum atomic E-state index is 0.0153. The third-order valence-corrected chi connectivity index (χ3v) is 2.91. The maximum absolute atomic E-state index is 11.0. The highest BCUT2D eigenvalue weighted by Gasteiger charge is 1.96. The minimum absolute atomic E-state index is 0.0153. The van der Waals surface area contributed by atoms with Crippen molar-refractivity contribution < 1.29 is 4.79 Å². The zero-order valence-electron chi connectivity index (χ0n) is 11.1. The van der Waals surface area contributed by atoms with E-state index in [0.717, 1.165) is 16.8 Å². The summed E-state index contributed by atoms with van der Waals surface area (Å²) in [7, 11) is 0. The van der Waals surface area contributed by atoms with E-state index in [0.29, 0.717) is 5.02 Å². The average molecular weight is 284 g/mol. The van der Waals surface area contributed by atoms with Crippen molar-refractivity contribution in [2.45, 2.75) is 6.92 Å². The first-order valence-electron chi connectivity index (χ1n) is 6.22. The Morgan fingerprint density at radius 1 is 1.10 bits per heavy atom. The second-order valence-corrected chi connectivity index (χ2v) is 4.75. The van der Waals surface area contributed by atoms with E-state index in [1.807, 2.05) is 48.5 Å². The van der Waals surface area contributed by atoms with Crippen LogP contribution in [-0.2, 0) is 4.79 Å². The molecule has 2 aromatic carbocycles. The van der Waals surface area contributed by atoms with Gasteiger partial charge in [0, 0.05) is 16.8 Å². The standard InChI is InChI=1S/C17H14ClNO/c1-13(20)6-9-15-4-2-3-5-17(15)19-12-14-7-10-16(18)11-8-14/h2-12H,1H3/b9-6+,19-12?. The van der Waals surface area contributed by atoms with Crippen LogP contribution < -0.4 is 0 Å². The molecule has 100 valence electrons. The molecule has 0 spiro atoms. The molecule has 0 aromatic heterocycles. The molecule has 2 aromatic rings. The molecule has 0 unspecified atom stereocenters. The van der Waals surface area contributed by atoms with Crippen LogP contribution in [0.15, 0.2) is 59.6 Å². The predicted molar refractivity (Wildman–Crippen MR) is 84.9 cm³/mol. The van der Waals surface area contributed by atoms with Crippen molar-refractivity contribution in [3.05, 3.63) is 70.8 Å². The summed E-state index contributed by atoms with van der Waals surface area (Å²) in [5, 5.41) is 0.701. The third-order valence-electron chi connectivity index (χ3n) is 2.66. The number of halogens is 1. The number of hydrogen-bond donors (Lipinski definition) is 0. The van der Waals surface area contributed by atoms with Gasteiger partial charge in [-0.25, -0.2) is 0 Å². The summed E-state index contributed by atoms with van der Waals surface area (Å²) in [6, 6.07) is 15.1. The third kappa shape index (κ3) is 4.18. The second kappa shape index (κ2) is 6.83. The molecule has 2 rings (SSSR count). The van der Waals surface area contributed by atoms with Crippen molar-refractivity contribution >= 4 is 35.4 Å². The van der Waals surface area contributed by atoms with Crippen LogP contribution in [0.5, 0.6) is 0 Å². The number of carbonyl (C=O) groups is 1. The molecule has 0 saturated carbocycles. The van der Waals surface area contributed by atoms with Crippen LogP contribution >= 0.6 is 11.6 Å². The number of carbonyl (C=O) groups excluding carboxylic acids is 1. The average Bonchev–Trinajstić information content (AvgIpc) is 2.45. The van der Waals surface area contributed by atoms with Gasteiger partial charge in [0.2, 0.25) is 0 Å². The van der Waals surface area contributed by atoms with E-state index >= 15 is 0 Å². The topological polar surface area (TPSA) is 29.4 Å². The maximum atomic E-state index is 11.0. The van der Waals surface area contributed by atoms with Crippen molar-refractivity contribution in [1.29, 1.82) is 0 Å². The second-order valence-electron chi connectivity index (χ2n) is 4.31. The van der Waals surface area contributed by atoms with Gasteiger partial charge in [0.15, 0.2) is 5.78 Å². The van der Waals surface area contributed by atoms with Crippen LogP contribution in [0.4, 0.5) is 5.69 Å². The Morgan fingerprint density at radius 2 is 1.80 bits per heavy atom. The molecule has 20 heavy (non-hydrogen) atoms. The van der Waals surface area contributed by atoms with E-state index in [2.05, 4.69) is 4.99 Å². The molecule has 0 heterocycles. The largest absolute Gasteiger partial charge is 0.295 e. The monoisotopic (exact) mass is 283 g/mol. The smallest absolute Gasteiger partial charge is 0.152 e. The minimum Gasteiger partial charge on any atom is -0.295 e. The van der Waals surface area contributed by atoms with Gasteiger partial charge in [-0.3, -0.25) is 9.79 Å². The van der Waals surface area contributed by atoms with E-state index in [9.17, 15) is 4.79 Å². The fourth-order valence-electron chi connectivity index (χ4n) is 1.65. The first-order chi connectivity index (χ1) is 9.65. The van der Waals surface area contributed by atoms with Gasteiger partial charge < -0.3 is 0 Å². The van der Waals surface area contributed by atoms with E-state index in [-0.39, 0.29) is 5.78 Å². The molecule has 0 aliphatic rings. The SMILES string of the molecule is CC(=O)/C=C/c1ccccc1N=Cc1ccc(Cl)cc1. The summed E-state index contributed by atoms with van der Waals surface area (Å²) >= 11 is 5.84. The van der Waals surface area contributed by atoms with Gasteiger partial charge in [0.05, 0.1) is 5.69 Å². The van der Waals surface area contributed by atoms with Crippen LogP contribution in [0.25, 0.3) is 6.08 Å². The van der Waals surface area contributed by atoms with Gasteiger partial charge in [0.1, 0.15) is 0 Å².